The Morgan fingerprint density at radius 1 is 1.08 bits per heavy atom. The molecule has 0 unspecified atom stereocenters. The molecule has 0 aliphatic carbocycles. The average Bonchev–Trinajstić information content (AvgIpc) is 3.08. The fourth-order valence-corrected chi connectivity index (χ4v) is 2.41. The molecule has 5 nitrogen and oxygen atoms in total. The van der Waals surface area contributed by atoms with Gasteiger partial charge in [0.05, 0.1) is 15.6 Å². The molecule has 2 aromatic carbocycles. The zero-order valence-corrected chi connectivity index (χ0v) is 15.0. The summed E-state index contributed by atoms with van der Waals surface area (Å²) in [6.07, 6.45) is -0.700. The molecule has 0 spiro atoms. The summed E-state index contributed by atoms with van der Waals surface area (Å²) >= 11 is 11.8. The molecule has 1 heterocycles. The van der Waals surface area contributed by atoms with Crippen LogP contribution in [0.15, 0.2) is 46.9 Å². The van der Waals surface area contributed by atoms with Gasteiger partial charge in [-0.2, -0.15) is 0 Å². The van der Waals surface area contributed by atoms with Crippen molar-refractivity contribution in [1.82, 2.24) is 10.2 Å². The third kappa shape index (κ3) is 4.00. The Balaban J connectivity index is 1.73. The quantitative estimate of drug-likeness (QED) is 0.580. The Hall–Kier alpha value is -2.37. The fourth-order valence-electron chi connectivity index (χ4n) is 2.11. The summed E-state index contributed by atoms with van der Waals surface area (Å²) in [4.78, 5) is 12.2. The highest BCUT2D eigenvalue weighted by Gasteiger charge is 2.20. The molecular formula is C18H14Cl2N2O3. The zero-order valence-electron chi connectivity index (χ0n) is 13.5. The van der Waals surface area contributed by atoms with Crippen molar-refractivity contribution in [2.45, 2.75) is 20.0 Å². The molecular weight excluding hydrogens is 363 g/mol. The first kappa shape index (κ1) is 17.5. The summed E-state index contributed by atoms with van der Waals surface area (Å²) in [5, 5.41) is 8.60. The number of hydrogen-bond acceptors (Lipinski definition) is 5. The minimum absolute atomic E-state index is 0.212. The molecule has 3 aromatic rings. The van der Waals surface area contributed by atoms with Crippen LogP contribution in [-0.4, -0.2) is 16.2 Å². The molecule has 0 saturated carbocycles. The second kappa shape index (κ2) is 7.25. The van der Waals surface area contributed by atoms with Crippen LogP contribution < -0.4 is 0 Å². The van der Waals surface area contributed by atoms with Crippen molar-refractivity contribution in [3.63, 3.8) is 0 Å². The summed E-state index contributed by atoms with van der Waals surface area (Å²) in [7, 11) is 0. The predicted octanol–water partition coefficient (Wildman–Crippen LogP) is 5.27. The van der Waals surface area contributed by atoms with Crippen molar-refractivity contribution < 1.29 is 13.9 Å². The van der Waals surface area contributed by atoms with Gasteiger partial charge in [0.2, 0.25) is 5.89 Å². The van der Waals surface area contributed by atoms with Crippen molar-refractivity contribution in [2.75, 3.05) is 0 Å². The largest absolute Gasteiger partial charge is 0.449 e. The van der Waals surface area contributed by atoms with Gasteiger partial charge in [-0.05, 0) is 44.2 Å². The molecule has 25 heavy (non-hydrogen) atoms. The van der Waals surface area contributed by atoms with Crippen molar-refractivity contribution in [1.29, 1.82) is 0 Å². The molecule has 3 rings (SSSR count). The Labute approximate surface area is 154 Å². The lowest BCUT2D eigenvalue weighted by Gasteiger charge is -2.09. The maximum atomic E-state index is 12.2. The standard InChI is InChI=1S/C18H14Cl2N2O3/c1-10-3-5-12(6-4-10)17-22-21-16(25-17)11(2)24-18(23)13-7-8-14(19)15(20)9-13/h3-9,11H,1-2H3/t11-/m1/s1. The lowest BCUT2D eigenvalue weighted by atomic mass is 10.1. The number of esters is 1. The van der Waals surface area contributed by atoms with Crippen molar-refractivity contribution >= 4 is 29.2 Å². The molecule has 1 atom stereocenters. The van der Waals surface area contributed by atoms with Gasteiger partial charge >= 0.3 is 5.97 Å². The average molecular weight is 377 g/mol. The minimum atomic E-state index is -0.700. The number of ether oxygens (including phenoxy) is 1. The Morgan fingerprint density at radius 3 is 2.48 bits per heavy atom. The van der Waals surface area contributed by atoms with Gasteiger partial charge in [-0.3, -0.25) is 0 Å². The van der Waals surface area contributed by atoms with Crippen LogP contribution in [0.4, 0.5) is 0 Å². The summed E-state index contributed by atoms with van der Waals surface area (Å²) in [5.74, 6) is 0.0255. The number of benzene rings is 2. The first-order valence-corrected chi connectivity index (χ1v) is 8.26. The number of halogens is 2. The molecule has 0 bridgehead atoms. The third-order valence-electron chi connectivity index (χ3n) is 3.53. The molecule has 0 N–H and O–H groups in total. The summed E-state index contributed by atoms with van der Waals surface area (Å²) in [6.45, 7) is 3.65. The molecule has 128 valence electrons. The monoisotopic (exact) mass is 376 g/mol. The van der Waals surface area contributed by atoms with E-state index < -0.39 is 12.1 Å². The van der Waals surface area contributed by atoms with Gasteiger partial charge in [0, 0.05) is 5.56 Å². The molecule has 0 aliphatic rings. The van der Waals surface area contributed by atoms with E-state index in [1.54, 1.807) is 6.92 Å². The smallest absolute Gasteiger partial charge is 0.338 e. The van der Waals surface area contributed by atoms with E-state index in [1.807, 2.05) is 31.2 Å². The number of rotatable bonds is 4. The molecule has 7 heteroatoms. The van der Waals surface area contributed by atoms with Gasteiger partial charge in [-0.1, -0.05) is 40.9 Å². The normalized spacial score (nSPS) is 12.0. The highest BCUT2D eigenvalue weighted by atomic mass is 35.5. The Morgan fingerprint density at radius 2 is 1.80 bits per heavy atom. The second-order valence-corrected chi connectivity index (χ2v) is 6.30. The molecule has 0 fully saturated rings. The van der Waals surface area contributed by atoms with Crippen LogP contribution >= 0.6 is 23.2 Å². The molecule has 0 amide bonds. The van der Waals surface area contributed by atoms with E-state index in [9.17, 15) is 4.79 Å². The Bertz CT molecular complexity index is 907. The van der Waals surface area contributed by atoms with Crippen molar-refractivity contribution in [3.8, 4) is 11.5 Å². The van der Waals surface area contributed by atoms with E-state index >= 15 is 0 Å². The fraction of sp³-hybridized carbons (Fsp3) is 0.167. The van der Waals surface area contributed by atoms with Crippen LogP contribution in [0.1, 0.15) is 34.8 Å². The van der Waals surface area contributed by atoms with E-state index in [-0.39, 0.29) is 10.9 Å². The maximum absolute atomic E-state index is 12.2. The van der Waals surface area contributed by atoms with Crippen LogP contribution in [-0.2, 0) is 4.74 Å². The predicted molar refractivity (Wildman–Crippen MR) is 94.8 cm³/mol. The van der Waals surface area contributed by atoms with E-state index in [1.165, 1.54) is 18.2 Å². The summed E-state index contributed by atoms with van der Waals surface area (Å²) < 4.78 is 11.0. The van der Waals surface area contributed by atoms with Crippen LogP contribution in [0.2, 0.25) is 10.0 Å². The number of carbonyl (C=O) groups is 1. The van der Waals surface area contributed by atoms with Gasteiger partial charge in [-0.25, -0.2) is 4.79 Å². The van der Waals surface area contributed by atoms with E-state index in [0.29, 0.717) is 16.5 Å². The first-order chi connectivity index (χ1) is 11.9. The van der Waals surface area contributed by atoms with Gasteiger partial charge in [0.25, 0.3) is 5.89 Å². The van der Waals surface area contributed by atoms with E-state index in [2.05, 4.69) is 10.2 Å². The van der Waals surface area contributed by atoms with Crippen LogP contribution in [0, 0.1) is 6.92 Å². The van der Waals surface area contributed by atoms with Gasteiger partial charge in [0.1, 0.15) is 0 Å². The summed E-state index contributed by atoms with van der Waals surface area (Å²) in [6, 6.07) is 12.2. The van der Waals surface area contributed by atoms with Crippen LogP contribution in [0.25, 0.3) is 11.5 Å². The van der Waals surface area contributed by atoms with E-state index in [0.717, 1.165) is 11.1 Å². The maximum Gasteiger partial charge on any atom is 0.338 e. The number of carbonyl (C=O) groups excluding carboxylic acids is 1. The van der Waals surface area contributed by atoms with Crippen LogP contribution in [0.5, 0.6) is 0 Å². The highest BCUT2D eigenvalue weighted by Crippen LogP contribution is 2.26. The third-order valence-corrected chi connectivity index (χ3v) is 4.27. The lowest BCUT2D eigenvalue weighted by molar-refractivity contribution is 0.0280. The minimum Gasteiger partial charge on any atom is -0.449 e. The second-order valence-electron chi connectivity index (χ2n) is 5.49. The molecule has 0 aliphatic heterocycles. The first-order valence-electron chi connectivity index (χ1n) is 7.50. The molecule has 0 radical (unpaired) electrons. The molecule has 1 aromatic heterocycles. The number of aryl methyl sites for hydroxylation is 1. The zero-order chi connectivity index (χ0) is 18.0. The Kier molecular flexibility index (Phi) is 5.06. The van der Waals surface area contributed by atoms with Crippen molar-refractivity contribution in [3.05, 3.63) is 69.5 Å². The topological polar surface area (TPSA) is 65.2 Å². The van der Waals surface area contributed by atoms with Gasteiger partial charge in [-0.15, -0.1) is 10.2 Å². The van der Waals surface area contributed by atoms with Crippen molar-refractivity contribution in [2.24, 2.45) is 0 Å². The number of hydrogen-bond donors (Lipinski definition) is 0. The van der Waals surface area contributed by atoms with Gasteiger partial charge in [0.15, 0.2) is 6.10 Å². The van der Waals surface area contributed by atoms with E-state index in [4.69, 9.17) is 32.4 Å². The molecule has 0 saturated heterocycles. The summed E-state index contributed by atoms with van der Waals surface area (Å²) in [5.41, 5.74) is 2.22. The number of nitrogens with zero attached hydrogens (tertiary/aromatic N) is 2. The van der Waals surface area contributed by atoms with Crippen LogP contribution in [0.3, 0.4) is 0 Å². The highest BCUT2D eigenvalue weighted by molar-refractivity contribution is 6.42. The number of aromatic nitrogens is 2. The SMILES string of the molecule is Cc1ccc(-c2nnc([C@@H](C)OC(=O)c3ccc(Cl)c(Cl)c3)o2)cc1. The lowest BCUT2D eigenvalue weighted by Crippen LogP contribution is -2.09. The van der Waals surface area contributed by atoms with Gasteiger partial charge < -0.3 is 9.15 Å².